The minimum absolute atomic E-state index is 0.0929. The van der Waals surface area contributed by atoms with E-state index in [9.17, 15) is 0 Å². The number of likely N-dealkylation sites (N-methyl/N-ethyl adjacent to an activating group) is 1. The lowest BCUT2D eigenvalue weighted by molar-refractivity contribution is 0.536. The first-order valence-corrected chi connectivity index (χ1v) is 5.97. The number of rotatable bonds is 4. The van der Waals surface area contributed by atoms with Gasteiger partial charge < -0.3 is 5.32 Å². The van der Waals surface area contributed by atoms with Crippen LogP contribution in [0, 0.1) is 0 Å². The molecule has 3 heteroatoms. The summed E-state index contributed by atoms with van der Waals surface area (Å²) >= 11 is 0. The maximum absolute atomic E-state index is 4.68. The van der Waals surface area contributed by atoms with Gasteiger partial charge in [-0.1, -0.05) is 27.7 Å². The number of hydrogen-bond acceptors (Lipinski definition) is 3. The molecule has 0 amide bonds. The van der Waals surface area contributed by atoms with E-state index < -0.39 is 0 Å². The van der Waals surface area contributed by atoms with E-state index in [1.54, 1.807) is 0 Å². The van der Waals surface area contributed by atoms with Gasteiger partial charge >= 0.3 is 0 Å². The van der Waals surface area contributed by atoms with Gasteiger partial charge in [0, 0.05) is 29.8 Å². The van der Waals surface area contributed by atoms with E-state index in [4.69, 9.17) is 0 Å². The Morgan fingerprint density at radius 2 is 2.06 bits per heavy atom. The van der Waals surface area contributed by atoms with Crippen molar-refractivity contribution in [2.75, 3.05) is 13.6 Å². The van der Waals surface area contributed by atoms with Crippen LogP contribution in [0.25, 0.3) is 0 Å². The summed E-state index contributed by atoms with van der Waals surface area (Å²) in [5.74, 6) is 1.37. The Balaban J connectivity index is 2.97. The predicted molar refractivity (Wildman–Crippen MR) is 67.7 cm³/mol. The Bertz CT molecular complexity index is 328. The molecular weight excluding hydrogens is 198 g/mol. The van der Waals surface area contributed by atoms with E-state index in [0.717, 1.165) is 24.5 Å². The molecule has 1 N–H and O–H groups in total. The monoisotopic (exact) mass is 221 g/mol. The average molecular weight is 221 g/mol. The summed E-state index contributed by atoms with van der Waals surface area (Å²) in [4.78, 5) is 9.07. The first-order chi connectivity index (χ1) is 7.49. The molecule has 3 nitrogen and oxygen atoms in total. The minimum atomic E-state index is 0.0929. The molecular formula is C13H23N3. The fraction of sp³-hybridized carbons (Fsp3) is 0.692. The summed E-state index contributed by atoms with van der Waals surface area (Å²) in [6.07, 6.45) is 2.94. The molecule has 0 aliphatic heterocycles. The van der Waals surface area contributed by atoms with Crippen molar-refractivity contribution >= 4 is 0 Å². The predicted octanol–water partition coefficient (Wildman–Crippen LogP) is 2.49. The van der Waals surface area contributed by atoms with Gasteiger partial charge in [0.15, 0.2) is 0 Å². The van der Waals surface area contributed by atoms with Crippen molar-refractivity contribution in [2.24, 2.45) is 0 Å². The summed E-state index contributed by atoms with van der Waals surface area (Å²) in [5, 5.41) is 3.20. The number of aromatic nitrogens is 2. The van der Waals surface area contributed by atoms with E-state index >= 15 is 0 Å². The summed E-state index contributed by atoms with van der Waals surface area (Å²) < 4.78 is 0. The first kappa shape index (κ1) is 13.1. The van der Waals surface area contributed by atoms with Gasteiger partial charge in [0.25, 0.3) is 0 Å². The van der Waals surface area contributed by atoms with Gasteiger partial charge in [-0.05, 0) is 19.5 Å². The molecule has 1 rings (SSSR count). The molecule has 0 spiro atoms. The standard InChI is InChI=1S/C13H23N3/c1-6-10(9-14-5)12-15-8-7-11(16-12)13(2,3)4/h7-8,10,14H,6,9H2,1-5H3. The molecule has 0 saturated heterocycles. The molecule has 0 saturated carbocycles. The fourth-order valence-electron chi connectivity index (χ4n) is 1.65. The van der Waals surface area contributed by atoms with E-state index in [1.165, 1.54) is 0 Å². The van der Waals surface area contributed by atoms with Crippen molar-refractivity contribution in [3.05, 3.63) is 23.8 Å². The van der Waals surface area contributed by atoms with Gasteiger partial charge in [-0.15, -0.1) is 0 Å². The molecule has 0 radical (unpaired) electrons. The van der Waals surface area contributed by atoms with Gasteiger partial charge in [-0.25, -0.2) is 9.97 Å². The number of hydrogen-bond donors (Lipinski definition) is 1. The van der Waals surface area contributed by atoms with Crippen molar-refractivity contribution in [2.45, 2.75) is 45.4 Å². The second kappa shape index (κ2) is 5.39. The lowest BCUT2D eigenvalue weighted by Gasteiger charge is -2.20. The van der Waals surface area contributed by atoms with Crippen LogP contribution in [-0.4, -0.2) is 23.6 Å². The van der Waals surface area contributed by atoms with E-state index in [1.807, 2.05) is 19.3 Å². The van der Waals surface area contributed by atoms with Crippen LogP contribution in [0.3, 0.4) is 0 Å². The Labute approximate surface area is 98.7 Å². The highest BCUT2D eigenvalue weighted by Crippen LogP contribution is 2.22. The summed E-state index contributed by atoms with van der Waals surface area (Å²) in [6, 6.07) is 2.01. The highest BCUT2D eigenvalue weighted by atomic mass is 14.9. The van der Waals surface area contributed by atoms with E-state index in [-0.39, 0.29) is 5.41 Å². The molecule has 0 fully saturated rings. The summed E-state index contributed by atoms with van der Waals surface area (Å²) in [5.41, 5.74) is 1.21. The quantitative estimate of drug-likeness (QED) is 0.849. The third kappa shape index (κ3) is 3.27. The zero-order valence-electron chi connectivity index (χ0n) is 11.0. The third-order valence-corrected chi connectivity index (χ3v) is 2.75. The molecule has 0 aliphatic rings. The van der Waals surface area contributed by atoms with Crippen LogP contribution in [0.1, 0.15) is 51.6 Å². The molecule has 1 atom stereocenters. The lowest BCUT2D eigenvalue weighted by Crippen LogP contribution is -2.21. The van der Waals surface area contributed by atoms with Gasteiger partial charge in [-0.2, -0.15) is 0 Å². The van der Waals surface area contributed by atoms with Crippen molar-refractivity contribution in [3.63, 3.8) is 0 Å². The van der Waals surface area contributed by atoms with Crippen LogP contribution in [0.5, 0.6) is 0 Å². The second-order valence-electron chi connectivity index (χ2n) is 5.21. The third-order valence-electron chi connectivity index (χ3n) is 2.75. The topological polar surface area (TPSA) is 37.8 Å². The SMILES string of the molecule is CCC(CNC)c1nccc(C(C)(C)C)n1. The summed E-state index contributed by atoms with van der Waals surface area (Å²) in [6.45, 7) is 9.65. The van der Waals surface area contributed by atoms with E-state index in [0.29, 0.717) is 5.92 Å². The molecule has 0 aromatic carbocycles. The average Bonchev–Trinajstić information content (AvgIpc) is 2.25. The molecule has 0 aliphatic carbocycles. The van der Waals surface area contributed by atoms with Crippen LogP contribution in [0.4, 0.5) is 0 Å². The molecule has 1 heterocycles. The Morgan fingerprint density at radius 1 is 1.38 bits per heavy atom. The van der Waals surface area contributed by atoms with Crippen molar-refractivity contribution in [1.29, 1.82) is 0 Å². The van der Waals surface area contributed by atoms with Crippen LogP contribution < -0.4 is 5.32 Å². The molecule has 1 aromatic heterocycles. The largest absolute Gasteiger partial charge is 0.319 e. The summed E-state index contributed by atoms with van der Waals surface area (Å²) in [7, 11) is 1.97. The van der Waals surface area contributed by atoms with E-state index in [2.05, 4.69) is 43.0 Å². The van der Waals surface area contributed by atoms with Crippen molar-refractivity contribution in [1.82, 2.24) is 15.3 Å². The van der Waals surface area contributed by atoms with Gasteiger partial charge in [0.05, 0.1) is 0 Å². The first-order valence-electron chi connectivity index (χ1n) is 5.97. The van der Waals surface area contributed by atoms with Crippen LogP contribution >= 0.6 is 0 Å². The Morgan fingerprint density at radius 3 is 2.56 bits per heavy atom. The molecule has 90 valence electrons. The highest BCUT2D eigenvalue weighted by molar-refractivity contribution is 5.13. The fourth-order valence-corrected chi connectivity index (χ4v) is 1.65. The van der Waals surface area contributed by atoms with Crippen LogP contribution in [0.2, 0.25) is 0 Å². The molecule has 16 heavy (non-hydrogen) atoms. The van der Waals surface area contributed by atoms with Crippen molar-refractivity contribution < 1.29 is 0 Å². The Hall–Kier alpha value is -0.960. The van der Waals surface area contributed by atoms with Gasteiger partial charge in [0.1, 0.15) is 5.82 Å². The smallest absolute Gasteiger partial charge is 0.132 e. The zero-order valence-corrected chi connectivity index (χ0v) is 11.0. The highest BCUT2D eigenvalue weighted by Gasteiger charge is 2.18. The molecule has 0 bridgehead atoms. The number of nitrogens with zero attached hydrogens (tertiary/aromatic N) is 2. The van der Waals surface area contributed by atoms with Crippen LogP contribution in [-0.2, 0) is 5.41 Å². The molecule has 1 aromatic rings. The minimum Gasteiger partial charge on any atom is -0.319 e. The molecule has 1 unspecified atom stereocenters. The van der Waals surface area contributed by atoms with Gasteiger partial charge in [0.2, 0.25) is 0 Å². The Kier molecular flexibility index (Phi) is 4.42. The van der Waals surface area contributed by atoms with Crippen LogP contribution in [0.15, 0.2) is 12.3 Å². The van der Waals surface area contributed by atoms with Gasteiger partial charge in [-0.3, -0.25) is 0 Å². The lowest BCUT2D eigenvalue weighted by atomic mass is 9.91. The maximum atomic E-state index is 4.68. The number of nitrogens with one attached hydrogen (secondary N) is 1. The van der Waals surface area contributed by atoms with Crippen molar-refractivity contribution in [3.8, 4) is 0 Å². The zero-order chi connectivity index (χ0) is 12.2. The second-order valence-corrected chi connectivity index (χ2v) is 5.21. The normalized spacial score (nSPS) is 13.8. The maximum Gasteiger partial charge on any atom is 0.132 e.